The molecule has 3 rings (SSSR count). The number of hydrogen-bond donors (Lipinski definition) is 0. The molecule has 19 heavy (non-hydrogen) atoms. The Labute approximate surface area is 122 Å². The second-order valence-corrected chi connectivity index (χ2v) is 5.51. The number of nitrogens with zero attached hydrogens (tertiary/aromatic N) is 3. The van der Waals surface area contributed by atoms with Gasteiger partial charge in [0.25, 0.3) is 0 Å². The van der Waals surface area contributed by atoms with E-state index in [1.807, 2.05) is 11.8 Å². The highest BCUT2D eigenvalue weighted by Crippen LogP contribution is 2.26. The van der Waals surface area contributed by atoms with Crippen LogP contribution in [0.3, 0.4) is 0 Å². The van der Waals surface area contributed by atoms with Crippen molar-refractivity contribution in [2.24, 2.45) is 0 Å². The second kappa shape index (κ2) is 6.54. The summed E-state index contributed by atoms with van der Waals surface area (Å²) in [7, 11) is 0. The summed E-state index contributed by atoms with van der Waals surface area (Å²) in [5.74, 6) is 3.47. The van der Waals surface area contributed by atoms with Crippen molar-refractivity contribution in [3.05, 3.63) is 18.1 Å². The number of amides is 1. The molecule has 0 N–H and O–H groups in total. The molecule has 1 aromatic rings. The first-order valence-electron chi connectivity index (χ1n) is 6.17. The van der Waals surface area contributed by atoms with Crippen molar-refractivity contribution in [2.75, 3.05) is 29.6 Å². The lowest BCUT2D eigenvalue weighted by Gasteiger charge is -2.22. The van der Waals surface area contributed by atoms with Crippen LogP contribution in [0, 0.1) is 0 Å². The van der Waals surface area contributed by atoms with Crippen molar-refractivity contribution in [3.8, 4) is 0 Å². The standard InChI is InChI=1S/C12H15N3O2S.ClH/c16-11-2-1-5-15(11)10-3-4-13-12(14-10)9-8-18-7-6-17-9;/h3-4,9H,1-2,5-8H2;1H. The maximum Gasteiger partial charge on any atom is 0.228 e. The molecular formula is C12H16ClN3O2S. The van der Waals surface area contributed by atoms with Crippen molar-refractivity contribution < 1.29 is 9.53 Å². The smallest absolute Gasteiger partial charge is 0.228 e. The van der Waals surface area contributed by atoms with E-state index in [2.05, 4.69) is 9.97 Å². The van der Waals surface area contributed by atoms with Crippen molar-refractivity contribution in [2.45, 2.75) is 18.9 Å². The Bertz CT molecular complexity index is 454. The van der Waals surface area contributed by atoms with Crippen LogP contribution >= 0.6 is 24.2 Å². The Hall–Kier alpha value is -0.850. The van der Waals surface area contributed by atoms with Crippen LogP contribution in [0.1, 0.15) is 24.8 Å². The second-order valence-electron chi connectivity index (χ2n) is 4.36. The van der Waals surface area contributed by atoms with Gasteiger partial charge in [0.15, 0.2) is 5.82 Å². The number of hydrogen-bond acceptors (Lipinski definition) is 5. The fraction of sp³-hybridized carbons (Fsp3) is 0.583. The topological polar surface area (TPSA) is 55.3 Å². The summed E-state index contributed by atoms with van der Waals surface area (Å²) in [4.78, 5) is 22.2. The lowest BCUT2D eigenvalue weighted by Crippen LogP contribution is -2.26. The van der Waals surface area contributed by atoms with Gasteiger partial charge in [-0.3, -0.25) is 9.69 Å². The number of ether oxygens (including phenoxy) is 1. The zero-order valence-corrected chi connectivity index (χ0v) is 12.1. The van der Waals surface area contributed by atoms with Gasteiger partial charge in [-0.15, -0.1) is 12.4 Å². The molecule has 0 aliphatic carbocycles. The molecule has 1 atom stereocenters. The van der Waals surface area contributed by atoms with Gasteiger partial charge in [-0.1, -0.05) is 0 Å². The summed E-state index contributed by atoms with van der Waals surface area (Å²) in [6.07, 6.45) is 3.20. The summed E-state index contributed by atoms with van der Waals surface area (Å²) in [5, 5.41) is 0. The van der Waals surface area contributed by atoms with E-state index in [9.17, 15) is 4.79 Å². The molecule has 2 aliphatic heterocycles. The molecule has 1 unspecified atom stereocenters. The molecule has 0 bridgehead atoms. The van der Waals surface area contributed by atoms with E-state index in [1.54, 1.807) is 17.2 Å². The average molecular weight is 302 g/mol. The molecule has 0 saturated carbocycles. The predicted octanol–water partition coefficient (Wildman–Crippen LogP) is 1.83. The summed E-state index contributed by atoms with van der Waals surface area (Å²) < 4.78 is 5.66. The third kappa shape index (κ3) is 3.19. The maximum atomic E-state index is 11.7. The molecule has 5 nitrogen and oxygen atoms in total. The number of rotatable bonds is 2. The summed E-state index contributed by atoms with van der Waals surface area (Å²) >= 11 is 1.85. The van der Waals surface area contributed by atoms with E-state index in [1.165, 1.54) is 0 Å². The summed E-state index contributed by atoms with van der Waals surface area (Å²) in [6, 6.07) is 1.79. The minimum atomic E-state index is -0.0404. The molecule has 0 spiro atoms. The highest BCUT2D eigenvalue weighted by Gasteiger charge is 2.25. The summed E-state index contributed by atoms with van der Waals surface area (Å²) in [6.45, 7) is 1.50. The Morgan fingerprint density at radius 3 is 3.05 bits per heavy atom. The van der Waals surface area contributed by atoms with Gasteiger partial charge in [0.1, 0.15) is 11.9 Å². The van der Waals surface area contributed by atoms with Crippen LogP contribution in [0.5, 0.6) is 0 Å². The molecule has 3 heterocycles. The Morgan fingerprint density at radius 1 is 1.47 bits per heavy atom. The number of halogens is 1. The average Bonchev–Trinajstić information content (AvgIpc) is 2.86. The van der Waals surface area contributed by atoms with Crippen LogP contribution in [-0.4, -0.2) is 40.5 Å². The molecular weight excluding hydrogens is 286 g/mol. The quantitative estimate of drug-likeness (QED) is 0.834. The van der Waals surface area contributed by atoms with Crippen molar-refractivity contribution in [1.82, 2.24) is 9.97 Å². The Morgan fingerprint density at radius 2 is 2.37 bits per heavy atom. The van der Waals surface area contributed by atoms with Gasteiger partial charge in [0, 0.05) is 30.7 Å². The van der Waals surface area contributed by atoms with Gasteiger partial charge in [-0.25, -0.2) is 9.97 Å². The minimum Gasteiger partial charge on any atom is -0.368 e. The van der Waals surface area contributed by atoms with Crippen molar-refractivity contribution >= 4 is 35.9 Å². The lowest BCUT2D eigenvalue weighted by atomic mass is 10.3. The van der Waals surface area contributed by atoms with Crippen LogP contribution in [0.15, 0.2) is 12.3 Å². The molecule has 7 heteroatoms. The number of carbonyl (C=O) groups excluding carboxylic acids is 1. The van der Waals surface area contributed by atoms with Gasteiger partial charge in [0.2, 0.25) is 5.91 Å². The number of anilines is 1. The van der Waals surface area contributed by atoms with E-state index >= 15 is 0 Å². The fourth-order valence-corrected chi connectivity index (χ4v) is 3.04. The Kier molecular flexibility index (Phi) is 5.01. The van der Waals surface area contributed by atoms with E-state index < -0.39 is 0 Å². The molecule has 104 valence electrons. The minimum absolute atomic E-state index is 0. The van der Waals surface area contributed by atoms with Crippen LogP contribution in [0.4, 0.5) is 5.82 Å². The largest absolute Gasteiger partial charge is 0.368 e. The van der Waals surface area contributed by atoms with E-state index in [-0.39, 0.29) is 24.4 Å². The molecule has 1 amide bonds. The molecule has 2 saturated heterocycles. The SMILES string of the molecule is Cl.O=C1CCCN1c1ccnc(C2CSCCO2)n1. The first-order chi connectivity index (χ1) is 8.84. The zero-order chi connectivity index (χ0) is 12.4. The monoisotopic (exact) mass is 301 g/mol. The van der Waals surface area contributed by atoms with Crippen LogP contribution in [0.25, 0.3) is 0 Å². The Balaban J connectivity index is 0.00000133. The zero-order valence-electron chi connectivity index (χ0n) is 10.4. The lowest BCUT2D eigenvalue weighted by molar-refractivity contribution is -0.117. The normalized spacial score (nSPS) is 23.3. The van der Waals surface area contributed by atoms with Gasteiger partial charge in [0.05, 0.1) is 6.61 Å². The van der Waals surface area contributed by atoms with E-state index in [0.717, 1.165) is 31.1 Å². The first kappa shape index (κ1) is 14.6. The molecule has 0 radical (unpaired) electrons. The van der Waals surface area contributed by atoms with Gasteiger partial charge >= 0.3 is 0 Å². The molecule has 2 aliphatic rings. The highest BCUT2D eigenvalue weighted by molar-refractivity contribution is 7.99. The van der Waals surface area contributed by atoms with E-state index in [0.29, 0.717) is 18.1 Å². The molecule has 1 aromatic heterocycles. The van der Waals surface area contributed by atoms with Crippen molar-refractivity contribution in [3.63, 3.8) is 0 Å². The summed E-state index contributed by atoms with van der Waals surface area (Å²) in [5.41, 5.74) is 0. The third-order valence-corrected chi connectivity index (χ3v) is 4.11. The molecule has 2 fully saturated rings. The number of carbonyl (C=O) groups is 1. The fourth-order valence-electron chi connectivity index (χ4n) is 2.20. The number of thioether (sulfide) groups is 1. The first-order valence-corrected chi connectivity index (χ1v) is 7.33. The third-order valence-electron chi connectivity index (χ3n) is 3.11. The van der Waals surface area contributed by atoms with Crippen LogP contribution in [-0.2, 0) is 9.53 Å². The van der Waals surface area contributed by atoms with Crippen LogP contribution in [0.2, 0.25) is 0 Å². The van der Waals surface area contributed by atoms with Gasteiger partial charge < -0.3 is 4.74 Å². The number of aromatic nitrogens is 2. The van der Waals surface area contributed by atoms with E-state index in [4.69, 9.17) is 4.74 Å². The predicted molar refractivity (Wildman–Crippen MR) is 76.9 cm³/mol. The van der Waals surface area contributed by atoms with Gasteiger partial charge in [-0.2, -0.15) is 11.8 Å². The van der Waals surface area contributed by atoms with Crippen molar-refractivity contribution in [1.29, 1.82) is 0 Å². The highest BCUT2D eigenvalue weighted by atomic mass is 35.5. The van der Waals surface area contributed by atoms with Gasteiger partial charge in [-0.05, 0) is 12.5 Å². The maximum absolute atomic E-state index is 11.7. The van der Waals surface area contributed by atoms with Crippen LogP contribution < -0.4 is 4.90 Å². The molecule has 0 aromatic carbocycles.